The van der Waals surface area contributed by atoms with E-state index >= 15 is 0 Å². The molecule has 0 aliphatic carbocycles. The normalized spacial score (nSPS) is 10.1. The Labute approximate surface area is 118 Å². The average Bonchev–Trinajstić information content (AvgIpc) is 2.49. The Bertz CT molecular complexity index is 537. The standard InChI is InChI=1S/C16H17NO3/c1-2-19-16(18)14-5-7-15(8-6-14)20-11-9-13-4-3-10-17-12-13/h3-8,10,12H,2,9,11H2,1H3. The summed E-state index contributed by atoms with van der Waals surface area (Å²) in [6, 6.07) is 10.9. The van der Waals surface area contributed by atoms with E-state index in [1.807, 2.05) is 18.3 Å². The topological polar surface area (TPSA) is 48.4 Å². The molecule has 2 aromatic rings. The van der Waals surface area contributed by atoms with E-state index < -0.39 is 0 Å². The van der Waals surface area contributed by atoms with Gasteiger partial charge in [-0.05, 0) is 42.8 Å². The molecule has 0 radical (unpaired) electrons. The molecule has 0 aliphatic rings. The minimum atomic E-state index is -0.311. The van der Waals surface area contributed by atoms with Crippen LogP contribution < -0.4 is 4.74 Å². The largest absolute Gasteiger partial charge is 0.493 e. The van der Waals surface area contributed by atoms with Gasteiger partial charge in [0.15, 0.2) is 0 Å². The van der Waals surface area contributed by atoms with E-state index in [2.05, 4.69) is 4.98 Å². The van der Waals surface area contributed by atoms with E-state index in [-0.39, 0.29) is 5.97 Å². The van der Waals surface area contributed by atoms with Crippen molar-refractivity contribution in [3.63, 3.8) is 0 Å². The lowest BCUT2D eigenvalue weighted by Gasteiger charge is -2.07. The number of carbonyl (C=O) groups excluding carboxylic acids is 1. The first-order valence-corrected chi connectivity index (χ1v) is 6.58. The Morgan fingerprint density at radius 1 is 1.20 bits per heavy atom. The second-order valence-electron chi connectivity index (χ2n) is 4.20. The Morgan fingerprint density at radius 3 is 2.65 bits per heavy atom. The minimum absolute atomic E-state index is 0.311. The fourth-order valence-corrected chi connectivity index (χ4v) is 1.73. The lowest BCUT2D eigenvalue weighted by molar-refractivity contribution is 0.0526. The van der Waals surface area contributed by atoms with Crippen molar-refractivity contribution < 1.29 is 14.3 Å². The highest BCUT2D eigenvalue weighted by atomic mass is 16.5. The van der Waals surface area contributed by atoms with E-state index in [0.29, 0.717) is 18.8 Å². The third-order valence-corrected chi connectivity index (χ3v) is 2.75. The lowest BCUT2D eigenvalue weighted by atomic mass is 10.2. The first-order valence-electron chi connectivity index (χ1n) is 6.58. The zero-order chi connectivity index (χ0) is 14.2. The van der Waals surface area contributed by atoms with Crippen LogP contribution in [0, 0.1) is 0 Å². The summed E-state index contributed by atoms with van der Waals surface area (Å²) in [6.07, 6.45) is 4.37. The maximum Gasteiger partial charge on any atom is 0.338 e. The Kier molecular flexibility index (Phi) is 5.12. The lowest BCUT2D eigenvalue weighted by Crippen LogP contribution is -2.05. The van der Waals surface area contributed by atoms with Gasteiger partial charge >= 0.3 is 5.97 Å². The molecule has 1 heterocycles. The van der Waals surface area contributed by atoms with Crippen molar-refractivity contribution in [2.75, 3.05) is 13.2 Å². The number of pyridine rings is 1. The van der Waals surface area contributed by atoms with Crippen LogP contribution in [0.1, 0.15) is 22.8 Å². The van der Waals surface area contributed by atoms with E-state index in [1.54, 1.807) is 37.4 Å². The fourth-order valence-electron chi connectivity index (χ4n) is 1.73. The van der Waals surface area contributed by atoms with Gasteiger partial charge in [0.25, 0.3) is 0 Å². The van der Waals surface area contributed by atoms with Gasteiger partial charge in [0.2, 0.25) is 0 Å². The SMILES string of the molecule is CCOC(=O)c1ccc(OCCc2cccnc2)cc1. The van der Waals surface area contributed by atoms with Crippen LogP contribution in [0.2, 0.25) is 0 Å². The molecule has 0 saturated heterocycles. The molecule has 0 bridgehead atoms. The molecule has 0 N–H and O–H groups in total. The van der Waals surface area contributed by atoms with E-state index in [4.69, 9.17) is 9.47 Å². The van der Waals surface area contributed by atoms with Crippen molar-refractivity contribution in [1.82, 2.24) is 4.98 Å². The van der Waals surface area contributed by atoms with Gasteiger partial charge in [0.05, 0.1) is 18.8 Å². The van der Waals surface area contributed by atoms with Gasteiger partial charge in [0, 0.05) is 18.8 Å². The fraction of sp³-hybridized carbons (Fsp3) is 0.250. The van der Waals surface area contributed by atoms with E-state index in [0.717, 1.165) is 17.7 Å². The van der Waals surface area contributed by atoms with Crippen LogP contribution in [0.5, 0.6) is 5.75 Å². The van der Waals surface area contributed by atoms with Crippen molar-refractivity contribution in [3.8, 4) is 5.75 Å². The maximum absolute atomic E-state index is 11.5. The second kappa shape index (κ2) is 7.28. The van der Waals surface area contributed by atoms with Gasteiger partial charge in [-0.3, -0.25) is 4.98 Å². The number of esters is 1. The summed E-state index contributed by atoms with van der Waals surface area (Å²) in [6.45, 7) is 2.74. The first-order chi connectivity index (χ1) is 9.79. The summed E-state index contributed by atoms with van der Waals surface area (Å²) in [4.78, 5) is 15.5. The third kappa shape index (κ3) is 4.09. The summed E-state index contributed by atoms with van der Waals surface area (Å²) in [5.74, 6) is 0.427. The van der Waals surface area contributed by atoms with Crippen LogP contribution in [0.25, 0.3) is 0 Å². The summed E-state index contributed by atoms with van der Waals surface area (Å²) in [5.41, 5.74) is 1.67. The van der Waals surface area contributed by atoms with Crippen LogP contribution in [0.4, 0.5) is 0 Å². The quantitative estimate of drug-likeness (QED) is 0.758. The van der Waals surface area contributed by atoms with Crippen molar-refractivity contribution in [2.45, 2.75) is 13.3 Å². The Balaban J connectivity index is 1.83. The van der Waals surface area contributed by atoms with E-state index in [1.165, 1.54) is 0 Å². The monoisotopic (exact) mass is 271 g/mol. The summed E-state index contributed by atoms with van der Waals surface area (Å²) >= 11 is 0. The van der Waals surface area contributed by atoms with Gasteiger partial charge in [-0.1, -0.05) is 6.07 Å². The average molecular weight is 271 g/mol. The molecule has 4 heteroatoms. The number of ether oxygens (including phenoxy) is 2. The number of hydrogen-bond donors (Lipinski definition) is 0. The molecule has 0 spiro atoms. The van der Waals surface area contributed by atoms with Gasteiger partial charge in [-0.2, -0.15) is 0 Å². The summed E-state index contributed by atoms with van der Waals surface area (Å²) in [5, 5.41) is 0. The van der Waals surface area contributed by atoms with Crippen molar-refractivity contribution in [3.05, 3.63) is 59.9 Å². The predicted octanol–water partition coefficient (Wildman–Crippen LogP) is 2.88. The van der Waals surface area contributed by atoms with Crippen molar-refractivity contribution >= 4 is 5.97 Å². The Hall–Kier alpha value is -2.36. The van der Waals surface area contributed by atoms with Gasteiger partial charge in [-0.15, -0.1) is 0 Å². The molecule has 0 aliphatic heterocycles. The number of carbonyl (C=O) groups is 1. The smallest absolute Gasteiger partial charge is 0.338 e. The molecule has 0 unspecified atom stereocenters. The predicted molar refractivity (Wildman–Crippen MR) is 75.8 cm³/mol. The van der Waals surface area contributed by atoms with Gasteiger partial charge in [0.1, 0.15) is 5.75 Å². The van der Waals surface area contributed by atoms with Gasteiger partial charge in [-0.25, -0.2) is 4.79 Å². The second-order valence-corrected chi connectivity index (χ2v) is 4.20. The van der Waals surface area contributed by atoms with Crippen LogP contribution in [-0.4, -0.2) is 24.2 Å². The van der Waals surface area contributed by atoms with Crippen LogP contribution in [0.15, 0.2) is 48.8 Å². The van der Waals surface area contributed by atoms with Gasteiger partial charge < -0.3 is 9.47 Å². The van der Waals surface area contributed by atoms with E-state index in [9.17, 15) is 4.79 Å². The van der Waals surface area contributed by atoms with Crippen molar-refractivity contribution in [2.24, 2.45) is 0 Å². The highest BCUT2D eigenvalue weighted by molar-refractivity contribution is 5.89. The molecular weight excluding hydrogens is 254 g/mol. The van der Waals surface area contributed by atoms with Crippen molar-refractivity contribution in [1.29, 1.82) is 0 Å². The minimum Gasteiger partial charge on any atom is -0.493 e. The Morgan fingerprint density at radius 2 is 2.00 bits per heavy atom. The molecule has 2 rings (SSSR count). The molecule has 0 atom stereocenters. The molecule has 20 heavy (non-hydrogen) atoms. The highest BCUT2D eigenvalue weighted by Gasteiger charge is 2.05. The van der Waals surface area contributed by atoms with Crippen LogP contribution in [-0.2, 0) is 11.2 Å². The zero-order valence-electron chi connectivity index (χ0n) is 11.4. The molecule has 0 amide bonds. The first kappa shape index (κ1) is 14.1. The zero-order valence-corrected chi connectivity index (χ0v) is 11.4. The number of nitrogens with zero attached hydrogens (tertiary/aromatic N) is 1. The molecule has 1 aromatic carbocycles. The van der Waals surface area contributed by atoms with Crippen LogP contribution in [0.3, 0.4) is 0 Å². The number of benzene rings is 1. The van der Waals surface area contributed by atoms with Crippen LogP contribution >= 0.6 is 0 Å². The highest BCUT2D eigenvalue weighted by Crippen LogP contribution is 2.13. The molecular formula is C16H17NO3. The third-order valence-electron chi connectivity index (χ3n) is 2.75. The molecule has 1 aromatic heterocycles. The number of hydrogen-bond acceptors (Lipinski definition) is 4. The molecule has 0 fully saturated rings. The molecule has 0 saturated carbocycles. The summed E-state index contributed by atoms with van der Waals surface area (Å²) in [7, 11) is 0. The number of aromatic nitrogens is 1. The maximum atomic E-state index is 11.5. The summed E-state index contributed by atoms with van der Waals surface area (Å²) < 4.78 is 10.5. The molecule has 104 valence electrons. The number of rotatable bonds is 6. The molecule has 4 nitrogen and oxygen atoms in total.